The summed E-state index contributed by atoms with van der Waals surface area (Å²) in [6.07, 6.45) is 0.630. The van der Waals surface area contributed by atoms with Gasteiger partial charge in [-0.1, -0.05) is 0 Å². The summed E-state index contributed by atoms with van der Waals surface area (Å²) in [5, 5.41) is 5.85. The molecule has 0 bridgehead atoms. The summed E-state index contributed by atoms with van der Waals surface area (Å²) in [7, 11) is 0. The highest BCUT2D eigenvalue weighted by Crippen LogP contribution is 2.40. The van der Waals surface area contributed by atoms with E-state index < -0.39 is 0 Å². The Balaban J connectivity index is 1.89. The first-order chi connectivity index (χ1) is 11.2. The number of carbonyl (C=O) groups is 2. The van der Waals surface area contributed by atoms with Crippen LogP contribution in [0.2, 0.25) is 0 Å². The maximum absolute atomic E-state index is 12.3. The zero-order valence-electron chi connectivity index (χ0n) is 15.3. The van der Waals surface area contributed by atoms with Gasteiger partial charge in [-0.15, -0.1) is 0 Å². The van der Waals surface area contributed by atoms with Gasteiger partial charge < -0.3 is 15.5 Å². The summed E-state index contributed by atoms with van der Waals surface area (Å²) in [6.45, 7) is 12.0. The Morgan fingerprint density at radius 2 is 1.58 bits per heavy atom. The Hall–Kier alpha value is -2.04. The molecule has 1 aromatic carbocycles. The van der Waals surface area contributed by atoms with Gasteiger partial charge >= 0.3 is 0 Å². The van der Waals surface area contributed by atoms with Crippen molar-refractivity contribution in [3.8, 4) is 0 Å². The molecule has 0 saturated heterocycles. The second-order valence-corrected chi connectivity index (χ2v) is 7.40. The normalized spacial score (nSPS) is 19.5. The van der Waals surface area contributed by atoms with Crippen LogP contribution in [-0.4, -0.2) is 30.4 Å². The van der Waals surface area contributed by atoms with Gasteiger partial charge in [-0.2, -0.15) is 0 Å². The van der Waals surface area contributed by atoms with Gasteiger partial charge in [0, 0.05) is 30.0 Å². The first-order valence-corrected chi connectivity index (χ1v) is 8.73. The van der Waals surface area contributed by atoms with Crippen LogP contribution >= 0.6 is 0 Å². The molecule has 5 heteroatoms. The highest BCUT2D eigenvalue weighted by Gasteiger charge is 2.48. The first kappa shape index (κ1) is 18.3. The van der Waals surface area contributed by atoms with Crippen LogP contribution in [0.5, 0.6) is 0 Å². The monoisotopic (exact) mass is 331 g/mol. The third-order valence-electron chi connectivity index (χ3n) is 4.23. The van der Waals surface area contributed by atoms with Crippen LogP contribution in [0.4, 0.5) is 11.4 Å². The molecule has 1 aliphatic carbocycles. The highest BCUT2D eigenvalue weighted by atomic mass is 16.2. The standard InChI is InChI=1S/C19H29N3O2/c1-6-22(7-2)14-10-8-13(9-11-14)20-17(23)15-12-16(15)18(24)21-19(3,4)5/h8-11,15-16H,6-7,12H2,1-5H3,(H,20,23)(H,21,24). The lowest BCUT2D eigenvalue weighted by Crippen LogP contribution is -2.42. The Morgan fingerprint density at radius 3 is 2.08 bits per heavy atom. The molecule has 5 nitrogen and oxygen atoms in total. The van der Waals surface area contributed by atoms with Crippen molar-refractivity contribution >= 4 is 23.2 Å². The second-order valence-electron chi connectivity index (χ2n) is 7.40. The Bertz CT molecular complexity index is 586. The van der Waals surface area contributed by atoms with E-state index in [-0.39, 0.29) is 29.2 Å². The molecule has 2 N–H and O–H groups in total. The molecule has 1 aliphatic rings. The van der Waals surface area contributed by atoms with Crippen molar-refractivity contribution in [2.45, 2.75) is 46.6 Å². The fourth-order valence-corrected chi connectivity index (χ4v) is 2.82. The Kier molecular flexibility index (Phi) is 5.52. The fourth-order valence-electron chi connectivity index (χ4n) is 2.82. The van der Waals surface area contributed by atoms with E-state index in [1.54, 1.807) is 0 Å². The van der Waals surface area contributed by atoms with Gasteiger partial charge in [-0.25, -0.2) is 0 Å². The molecule has 2 unspecified atom stereocenters. The van der Waals surface area contributed by atoms with Crippen molar-refractivity contribution in [3.63, 3.8) is 0 Å². The topological polar surface area (TPSA) is 61.4 Å². The second kappa shape index (κ2) is 7.24. The molecule has 1 fully saturated rings. The molecule has 2 atom stereocenters. The Labute approximate surface area is 144 Å². The summed E-state index contributed by atoms with van der Waals surface area (Å²) in [6, 6.07) is 7.86. The van der Waals surface area contributed by atoms with Gasteiger partial charge in [-0.3, -0.25) is 9.59 Å². The number of hydrogen-bond donors (Lipinski definition) is 2. The maximum atomic E-state index is 12.3. The SMILES string of the molecule is CCN(CC)c1ccc(NC(=O)C2CC2C(=O)NC(C)(C)C)cc1. The highest BCUT2D eigenvalue weighted by molar-refractivity contribution is 5.99. The van der Waals surface area contributed by atoms with Crippen molar-refractivity contribution in [3.05, 3.63) is 24.3 Å². The van der Waals surface area contributed by atoms with Crippen LogP contribution in [0.1, 0.15) is 41.0 Å². The first-order valence-electron chi connectivity index (χ1n) is 8.73. The zero-order valence-corrected chi connectivity index (χ0v) is 15.3. The number of rotatable bonds is 6. The van der Waals surface area contributed by atoms with Crippen molar-refractivity contribution in [1.29, 1.82) is 0 Å². The smallest absolute Gasteiger partial charge is 0.228 e. The molecular weight excluding hydrogens is 302 g/mol. The van der Waals surface area contributed by atoms with E-state index in [2.05, 4.69) is 29.4 Å². The average Bonchev–Trinajstić information content (AvgIpc) is 3.29. The third kappa shape index (κ3) is 4.73. The number of benzene rings is 1. The van der Waals surface area contributed by atoms with Crippen molar-refractivity contribution < 1.29 is 9.59 Å². The summed E-state index contributed by atoms with van der Waals surface area (Å²) in [5.74, 6) is -0.506. The van der Waals surface area contributed by atoms with Crippen LogP contribution in [0.3, 0.4) is 0 Å². The lowest BCUT2D eigenvalue weighted by molar-refractivity contribution is -0.126. The van der Waals surface area contributed by atoms with Crippen LogP contribution in [0.25, 0.3) is 0 Å². The minimum atomic E-state index is -0.263. The van der Waals surface area contributed by atoms with Crippen LogP contribution in [-0.2, 0) is 9.59 Å². The fraction of sp³-hybridized carbons (Fsp3) is 0.579. The van der Waals surface area contributed by atoms with Gasteiger partial charge in [0.05, 0.1) is 11.8 Å². The number of carbonyl (C=O) groups excluding carboxylic acids is 2. The third-order valence-corrected chi connectivity index (χ3v) is 4.23. The summed E-state index contributed by atoms with van der Waals surface area (Å²) in [4.78, 5) is 26.6. The molecule has 1 aromatic rings. The van der Waals surface area contributed by atoms with E-state index >= 15 is 0 Å². The number of anilines is 2. The van der Waals surface area contributed by atoms with Crippen LogP contribution in [0, 0.1) is 11.8 Å². The molecule has 0 radical (unpaired) electrons. The van der Waals surface area contributed by atoms with Crippen molar-refractivity contribution in [1.82, 2.24) is 5.32 Å². The lowest BCUT2D eigenvalue weighted by atomic mass is 10.1. The molecule has 0 aliphatic heterocycles. The average molecular weight is 331 g/mol. The number of amides is 2. The quantitative estimate of drug-likeness (QED) is 0.842. The van der Waals surface area contributed by atoms with E-state index in [0.29, 0.717) is 6.42 Å². The van der Waals surface area contributed by atoms with E-state index in [4.69, 9.17) is 0 Å². The number of nitrogens with zero attached hydrogens (tertiary/aromatic N) is 1. The van der Waals surface area contributed by atoms with E-state index in [9.17, 15) is 9.59 Å². The molecule has 0 spiro atoms. The predicted molar refractivity (Wildman–Crippen MR) is 98.1 cm³/mol. The van der Waals surface area contributed by atoms with E-state index in [0.717, 1.165) is 24.5 Å². The minimum absolute atomic E-state index is 0.0282. The summed E-state index contributed by atoms with van der Waals surface area (Å²) < 4.78 is 0. The Morgan fingerprint density at radius 1 is 1.04 bits per heavy atom. The van der Waals surface area contributed by atoms with Gasteiger partial charge in [0.25, 0.3) is 0 Å². The number of hydrogen-bond acceptors (Lipinski definition) is 3. The molecule has 132 valence electrons. The maximum Gasteiger partial charge on any atom is 0.228 e. The van der Waals surface area contributed by atoms with Gasteiger partial charge in [0.1, 0.15) is 0 Å². The zero-order chi connectivity index (χ0) is 17.9. The minimum Gasteiger partial charge on any atom is -0.372 e. The number of nitrogens with one attached hydrogen (secondary N) is 2. The molecule has 2 amide bonds. The van der Waals surface area contributed by atoms with E-state index in [1.165, 1.54) is 0 Å². The van der Waals surface area contributed by atoms with Crippen LogP contribution in [0.15, 0.2) is 24.3 Å². The van der Waals surface area contributed by atoms with Gasteiger partial charge in [-0.05, 0) is 65.3 Å². The predicted octanol–water partition coefficient (Wildman–Crippen LogP) is 3.02. The largest absolute Gasteiger partial charge is 0.372 e. The molecule has 0 heterocycles. The molecule has 24 heavy (non-hydrogen) atoms. The summed E-state index contributed by atoms with van der Waals surface area (Å²) >= 11 is 0. The van der Waals surface area contributed by atoms with Crippen LogP contribution < -0.4 is 15.5 Å². The van der Waals surface area contributed by atoms with Crippen molar-refractivity contribution in [2.75, 3.05) is 23.3 Å². The molecule has 2 rings (SSSR count). The molecule has 1 saturated carbocycles. The van der Waals surface area contributed by atoms with Crippen molar-refractivity contribution in [2.24, 2.45) is 11.8 Å². The molecule has 0 aromatic heterocycles. The van der Waals surface area contributed by atoms with E-state index in [1.807, 2.05) is 45.0 Å². The lowest BCUT2D eigenvalue weighted by Gasteiger charge is -2.21. The molecular formula is C19H29N3O2. The summed E-state index contributed by atoms with van der Waals surface area (Å²) in [5.41, 5.74) is 1.66. The van der Waals surface area contributed by atoms with Gasteiger partial charge in [0.2, 0.25) is 11.8 Å². The van der Waals surface area contributed by atoms with Gasteiger partial charge in [0.15, 0.2) is 0 Å².